The average molecular weight is 378 g/mol. The maximum absolute atomic E-state index is 8.48. The predicted molar refractivity (Wildman–Crippen MR) is 112 cm³/mol. The van der Waals surface area contributed by atoms with Crippen molar-refractivity contribution < 1.29 is 14.2 Å². The third kappa shape index (κ3) is 2.65. The summed E-state index contributed by atoms with van der Waals surface area (Å²) in [6, 6.07) is 10.2. The quantitative estimate of drug-likeness (QED) is 0.574. The number of nitrogens with one attached hydrogen (secondary N) is 1. The summed E-state index contributed by atoms with van der Waals surface area (Å²) in [4.78, 5) is 1.96. The molecule has 5 heteroatoms. The Bertz CT molecular complexity index is 977. The van der Waals surface area contributed by atoms with E-state index in [1.165, 1.54) is 5.57 Å². The van der Waals surface area contributed by atoms with Gasteiger partial charge in [0.15, 0.2) is 0 Å². The molecule has 2 aliphatic rings. The van der Waals surface area contributed by atoms with Gasteiger partial charge in [-0.15, -0.1) is 0 Å². The van der Waals surface area contributed by atoms with Crippen LogP contribution in [0.5, 0.6) is 11.5 Å². The Balaban J connectivity index is 1.96. The number of fused-ring (bicyclic) bond motifs is 5. The summed E-state index contributed by atoms with van der Waals surface area (Å²) < 4.78 is 17.3. The Kier molecular flexibility index (Phi) is 4.33. The van der Waals surface area contributed by atoms with E-state index in [0.717, 1.165) is 39.4 Å². The second kappa shape index (κ2) is 6.59. The Morgan fingerprint density at radius 3 is 2.71 bits per heavy atom. The molecular weight excluding hydrogens is 352 g/mol. The molecule has 0 radical (unpaired) electrons. The zero-order valence-electron chi connectivity index (χ0n) is 17.1. The van der Waals surface area contributed by atoms with Crippen LogP contribution in [0.15, 0.2) is 36.4 Å². The SMILES string of the molecule is CCOC(=N)N1c2ccc3c(c2C(C)=CC1(C)C)COc1cccc(OC)c1-3. The van der Waals surface area contributed by atoms with Crippen molar-refractivity contribution in [3.05, 3.63) is 47.5 Å². The van der Waals surface area contributed by atoms with Crippen LogP contribution in [0.25, 0.3) is 16.7 Å². The Morgan fingerprint density at radius 1 is 1.21 bits per heavy atom. The molecule has 2 aromatic carbocycles. The van der Waals surface area contributed by atoms with E-state index < -0.39 is 0 Å². The third-order valence-corrected chi connectivity index (χ3v) is 5.41. The van der Waals surface area contributed by atoms with Crippen molar-refractivity contribution in [2.24, 2.45) is 0 Å². The van der Waals surface area contributed by atoms with Gasteiger partial charge in [0.25, 0.3) is 6.02 Å². The predicted octanol–water partition coefficient (Wildman–Crippen LogP) is 5.23. The van der Waals surface area contributed by atoms with Crippen molar-refractivity contribution in [1.82, 2.24) is 0 Å². The topological polar surface area (TPSA) is 54.8 Å². The number of hydrogen-bond donors (Lipinski definition) is 1. The number of nitrogens with zero attached hydrogens (tertiary/aromatic N) is 1. The van der Waals surface area contributed by atoms with E-state index >= 15 is 0 Å². The number of hydrogen-bond acceptors (Lipinski definition) is 4. The van der Waals surface area contributed by atoms with Gasteiger partial charge in [-0.25, -0.2) is 0 Å². The minimum Gasteiger partial charge on any atom is -0.496 e. The summed E-state index contributed by atoms with van der Waals surface area (Å²) >= 11 is 0. The molecule has 28 heavy (non-hydrogen) atoms. The third-order valence-electron chi connectivity index (χ3n) is 5.41. The smallest absolute Gasteiger partial charge is 0.289 e. The Hall–Kier alpha value is -2.95. The number of methoxy groups -OCH3 is 1. The van der Waals surface area contributed by atoms with E-state index in [1.807, 2.05) is 30.0 Å². The molecule has 0 spiro atoms. The Labute approximate surface area is 166 Å². The molecule has 0 unspecified atom stereocenters. The number of benzene rings is 2. The first-order valence-electron chi connectivity index (χ1n) is 9.56. The molecule has 0 fully saturated rings. The van der Waals surface area contributed by atoms with Crippen LogP contribution < -0.4 is 14.4 Å². The molecule has 0 saturated heterocycles. The number of ether oxygens (including phenoxy) is 3. The molecule has 2 heterocycles. The fourth-order valence-electron chi connectivity index (χ4n) is 4.41. The molecule has 0 amide bonds. The zero-order chi connectivity index (χ0) is 20.1. The maximum Gasteiger partial charge on any atom is 0.289 e. The molecule has 146 valence electrons. The largest absolute Gasteiger partial charge is 0.496 e. The molecule has 2 aromatic rings. The lowest BCUT2D eigenvalue weighted by Crippen LogP contribution is -2.49. The highest BCUT2D eigenvalue weighted by molar-refractivity contribution is 6.00. The van der Waals surface area contributed by atoms with Crippen molar-refractivity contribution >= 4 is 17.3 Å². The second-order valence-electron chi connectivity index (χ2n) is 7.66. The average Bonchev–Trinajstić information content (AvgIpc) is 2.65. The molecule has 2 aliphatic heterocycles. The summed E-state index contributed by atoms with van der Waals surface area (Å²) in [7, 11) is 1.68. The molecule has 5 nitrogen and oxygen atoms in total. The molecule has 0 aliphatic carbocycles. The fraction of sp³-hybridized carbons (Fsp3) is 0.348. The molecule has 4 rings (SSSR count). The minimum absolute atomic E-state index is 0.159. The first-order valence-corrected chi connectivity index (χ1v) is 9.56. The number of rotatable bonds is 2. The van der Waals surface area contributed by atoms with Crippen LogP contribution in [0, 0.1) is 5.41 Å². The lowest BCUT2D eigenvalue weighted by Gasteiger charge is -2.43. The van der Waals surface area contributed by atoms with Crippen molar-refractivity contribution in [3.8, 4) is 22.6 Å². The van der Waals surface area contributed by atoms with Gasteiger partial charge < -0.3 is 14.2 Å². The molecule has 0 atom stereocenters. The van der Waals surface area contributed by atoms with Gasteiger partial charge in [0.1, 0.15) is 18.1 Å². The van der Waals surface area contributed by atoms with E-state index in [2.05, 4.69) is 39.0 Å². The van der Waals surface area contributed by atoms with E-state index in [-0.39, 0.29) is 11.6 Å². The van der Waals surface area contributed by atoms with E-state index in [0.29, 0.717) is 13.2 Å². The monoisotopic (exact) mass is 378 g/mol. The van der Waals surface area contributed by atoms with Gasteiger partial charge in [-0.05, 0) is 57.0 Å². The highest BCUT2D eigenvalue weighted by Gasteiger charge is 2.37. The van der Waals surface area contributed by atoms with Crippen LogP contribution in [-0.4, -0.2) is 25.3 Å². The first kappa shape index (κ1) is 18.4. The summed E-state index contributed by atoms with van der Waals surface area (Å²) in [6.07, 6.45) is 2.20. The van der Waals surface area contributed by atoms with Crippen LogP contribution in [0.3, 0.4) is 0 Å². The lowest BCUT2D eigenvalue weighted by molar-refractivity contribution is 0.298. The molecule has 0 bridgehead atoms. The van der Waals surface area contributed by atoms with Crippen LogP contribution in [0.2, 0.25) is 0 Å². The zero-order valence-corrected chi connectivity index (χ0v) is 17.1. The van der Waals surface area contributed by atoms with Gasteiger partial charge in [-0.2, -0.15) is 0 Å². The maximum atomic E-state index is 8.48. The molecular formula is C23H26N2O3. The van der Waals surface area contributed by atoms with Gasteiger partial charge in [-0.1, -0.05) is 18.2 Å². The normalized spacial score (nSPS) is 16.2. The van der Waals surface area contributed by atoms with Crippen molar-refractivity contribution in [1.29, 1.82) is 5.41 Å². The summed E-state index contributed by atoms with van der Waals surface area (Å²) in [5.74, 6) is 1.64. The standard InChI is InChI=1S/C23H26N2O3/c1-6-27-22(24)25-17-11-10-15-16(20(17)14(2)12-23(25,3)4)13-28-19-9-7-8-18(26-5)21(15)19/h7-12,24H,6,13H2,1-5H3. The van der Waals surface area contributed by atoms with E-state index in [1.54, 1.807) is 7.11 Å². The van der Waals surface area contributed by atoms with Crippen LogP contribution in [0.1, 0.15) is 38.8 Å². The molecule has 1 N–H and O–H groups in total. The first-order chi connectivity index (χ1) is 13.4. The number of anilines is 1. The van der Waals surface area contributed by atoms with Crippen LogP contribution in [0.4, 0.5) is 5.69 Å². The number of amidine groups is 1. The molecule has 0 saturated carbocycles. The highest BCUT2D eigenvalue weighted by Crippen LogP contribution is 2.49. The second-order valence-corrected chi connectivity index (χ2v) is 7.66. The van der Waals surface area contributed by atoms with E-state index in [9.17, 15) is 0 Å². The highest BCUT2D eigenvalue weighted by atomic mass is 16.5. The lowest BCUT2D eigenvalue weighted by atomic mass is 9.83. The van der Waals surface area contributed by atoms with Gasteiger partial charge in [0.2, 0.25) is 0 Å². The van der Waals surface area contributed by atoms with Gasteiger partial charge in [-0.3, -0.25) is 10.3 Å². The van der Waals surface area contributed by atoms with E-state index in [4.69, 9.17) is 19.6 Å². The Morgan fingerprint density at radius 2 is 2.00 bits per heavy atom. The van der Waals surface area contributed by atoms with Crippen LogP contribution >= 0.6 is 0 Å². The van der Waals surface area contributed by atoms with Gasteiger partial charge in [0.05, 0.1) is 30.5 Å². The molecule has 0 aromatic heterocycles. The van der Waals surface area contributed by atoms with Crippen molar-refractivity contribution in [3.63, 3.8) is 0 Å². The van der Waals surface area contributed by atoms with Crippen molar-refractivity contribution in [2.45, 2.75) is 39.8 Å². The van der Waals surface area contributed by atoms with Crippen molar-refractivity contribution in [2.75, 3.05) is 18.6 Å². The van der Waals surface area contributed by atoms with Crippen LogP contribution in [-0.2, 0) is 11.3 Å². The minimum atomic E-state index is -0.358. The summed E-state index contributed by atoms with van der Waals surface area (Å²) in [5.41, 5.74) is 6.13. The summed E-state index contributed by atoms with van der Waals surface area (Å²) in [5, 5.41) is 8.48. The van der Waals surface area contributed by atoms with Gasteiger partial charge in [0, 0.05) is 11.1 Å². The summed E-state index contributed by atoms with van der Waals surface area (Å²) in [6.45, 7) is 9.17. The number of allylic oxidation sites excluding steroid dienone is 1. The fourth-order valence-corrected chi connectivity index (χ4v) is 4.41. The van der Waals surface area contributed by atoms with Gasteiger partial charge >= 0.3 is 0 Å².